The summed E-state index contributed by atoms with van der Waals surface area (Å²) in [6.45, 7) is 3.18. The molecule has 3 fully saturated rings. The maximum Gasteiger partial charge on any atom is 0.317 e. The van der Waals surface area contributed by atoms with Crippen molar-refractivity contribution in [1.29, 1.82) is 0 Å². The van der Waals surface area contributed by atoms with Crippen LogP contribution in [0.4, 0.5) is 10.5 Å². The molecule has 3 unspecified atom stereocenters. The second-order valence-corrected chi connectivity index (χ2v) is 10.5. The third-order valence-electron chi connectivity index (χ3n) is 7.01. The van der Waals surface area contributed by atoms with Crippen LogP contribution in [0.3, 0.4) is 0 Å². The van der Waals surface area contributed by atoms with Crippen molar-refractivity contribution in [1.82, 2.24) is 14.9 Å². The van der Waals surface area contributed by atoms with Gasteiger partial charge in [-0.1, -0.05) is 18.6 Å². The number of hydrogen-bond acceptors (Lipinski definition) is 4. The molecule has 1 aromatic rings. The van der Waals surface area contributed by atoms with Crippen LogP contribution < -0.4 is 14.9 Å². The Bertz CT molecular complexity index is 836. The Balaban J connectivity index is 1.27. The van der Waals surface area contributed by atoms with E-state index in [0.717, 1.165) is 30.7 Å². The summed E-state index contributed by atoms with van der Waals surface area (Å²) in [4.78, 5) is 16.7. The van der Waals surface area contributed by atoms with Crippen molar-refractivity contribution < 1.29 is 13.2 Å². The summed E-state index contributed by atoms with van der Waals surface area (Å²) in [7, 11) is -2.09. The van der Waals surface area contributed by atoms with Gasteiger partial charge < -0.3 is 15.1 Å². The minimum Gasteiger partial charge on any atom is -0.367 e. The van der Waals surface area contributed by atoms with E-state index in [-0.39, 0.29) is 10.9 Å². The Kier molecular flexibility index (Phi) is 6.01. The van der Waals surface area contributed by atoms with Crippen LogP contribution in [0.5, 0.6) is 0 Å². The standard InChI is InChI=1S/C21H32N4O3S/c1-22-29(27,28)20-5-3-2-4-19(20)24-10-12-25(13-11-24)21(26)23-9-8-18-15-16-6-7-17(18)14-16/h2-5,16-18,22H,6-15H2,1H3,(H,23,26). The van der Waals surface area contributed by atoms with E-state index < -0.39 is 10.0 Å². The number of urea groups is 1. The van der Waals surface area contributed by atoms with Gasteiger partial charge in [-0.25, -0.2) is 17.9 Å². The van der Waals surface area contributed by atoms with Crippen LogP contribution in [-0.4, -0.2) is 59.1 Å². The Hall–Kier alpha value is -1.80. The van der Waals surface area contributed by atoms with E-state index >= 15 is 0 Å². The fourth-order valence-electron chi connectivity index (χ4n) is 5.41. The summed E-state index contributed by atoms with van der Waals surface area (Å²) >= 11 is 0. The number of amides is 2. The topological polar surface area (TPSA) is 81.8 Å². The molecular weight excluding hydrogens is 388 g/mol. The van der Waals surface area contributed by atoms with Gasteiger partial charge in [0.05, 0.1) is 5.69 Å². The molecule has 0 radical (unpaired) electrons. The summed E-state index contributed by atoms with van der Waals surface area (Å²) in [6.07, 6.45) is 6.66. The lowest BCUT2D eigenvalue weighted by Gasteiger charge is -2.36. The van der Waals surface area contributed by atoms with Crippen molar-refractivity contribution >= 4 is 21.7 Å². The first-order valence-corrected chi connectivity index (χ1v) is 12.3. The second kappa shape index (κ2) is 8.52. The lowest BCUT2D eigenvalue weighted by molar-refractivity contribution is 0.192. The highest BCUT2D eigenvalue weighted by Gasteiger charge is 2.38. The van der Waals surface area contributed by atoms with Gasteiger partial charge in [0.2, 0.25) is 10.0 Å². The predicted molar refractivity (Wildman–Crippen MR) is 113 cm³/mol. The Morgan fingerprint density at radius 2 is 1.86 bits per heavy atom. The molecule has 4 rings (SSSR count). The smallest absolute Gasteiger partial charge is 0.317 e. The number of anilines is 1. The number of para-hydroxylation sites is 1. The zero-order valence-electron chi connectivity index (χ0n) is 17.1. The molecule has 2 saturated carbocycles. The number of benzene rings is 1. The fourth-order valence-corrected chi connectivity index (χ4v) is 6.36. The molecule has 1 heterocycles. The molecule has 1 aliphatic heterocycles. The van der Waals surface area contributed by atoms with Crippen LogP contribution in [0.2, 0.25) is 0 Å². The van der Waals surface area contributed by atoms with Crippen molar-refractivity contribution in [3.63, 3.8) is 0 Å². The molecule has 8 heteroatoms. The average molecular weight is 421 g/mol. The molecule has 7 nitrogen and oxygen atoms in total. The molecule has 2 aliphatic carbocycles. The van der Waals surface area contributed by atoms with E-state index in [1.807, 2.05) is 21.9 Å². The zero-order chi connectivity index (χ0) is 20.4. The van der Waals surface area contributed by atoms with Crippen LogP contribution in [0.15, 0.2) is 29.2 Å². The lowest BCUT2D eigenvalue weighted by Crippen LogP contribution is -2.52. The van der Waals surface area contributed by atoms with Gasteiger partial charge in [-0.2, -0.15) is 0 Å². The van der Waals surface area contributed by atoms with Crippen LogP contribution >= 0.6 is 0 Å². The van der Waals surface area contributed by atoms with E-state index in [1.54, 1.807) is 12.1 Å². The summed E-state index contributed by atoms with van der Waals surface area (Å²) in [5, 5.41) is 3.10. The maximum absolute atomic E-state index is 12.5. The number of nitrogens with zero attached hydrogens (tertiary/aromatic N) is 2. The Morgan fingerprint density at radius 3 is 2.52 bits per heavy atom. The molecule has 160 valence electrons. The number of fused-ring (bicyclic) bond motifs is 2. The van der Waals surface area contributed by atoms with Crippen LogP contribution in [0.25, 0.3) is 0 Å². The van der Waals surface area contributed by atoms with Gasteiger partial charge in [-0.15, -0.1) is 0 Å². The van der Waals surface area contributed by atoms with Gasteiger partial charge >= 0.3 is 6.03 Å². The molecule has 1 aromatic carbocycles. The highest BCUT2D eigenvalue weighted by atomic mass is 32.2. The minimum atomic E-state index is -3.52. The number of piperazine rings is 1. The van der Waals surface area contributed by atoms with Crippen LogP contribution in [-0.2, 0) is 10.0 Å². The lowest BCUT2D eigenvalue weighted by atomic mass is 9.86. The Morgan fingerprint density at radius 1 is 1.10 bits per heavy atom. The summed E-state index contributed by atoms with van der Waals surface area (Å²) in [5.74, 6) is 2.65. The van der Waals surface area contributed by atoms with Crippen molar-refractivity contribution in [2.75, 3.05) is 44.7 Å². The summed E-state index contributed by atoms with van der Waals surface area (Å²) in [5.41, 5.74) is 0.693. The third kappa shape index (κ3) is 4.38. The van der Waals surface area contributed by atoms with Gasteiger partial charge in [-0.3, -0.25) is 0 Å². The normalized spacial score (nSPS) is 26.7. The average Bonchev–Trinajstić information content (AvgIpc) is 3.37. The van der Waals surface area contributed by atoms with E-state index in [1.165, 1.54) is 32.7 Å². The van der Waals surface area contributed by atoms with Gasteiger partial charge in [-0.05, 0) is 62.6 Å². The van der Waals surface area contributed by atoms with Crippen molar-refractivity contribution in [3.05, 3.63) is 24.3 Å². The molecule has 29 heavy (non-hydrogen) atoms. The van der Waals surface area contributed by atoms with Crippen LogP contribution in [0.1, 0.15) is 32.1 Å². The first-order valence-electron chi connectivity index (χ1n) is 10.8. The van der Waals surface area contributed by atoms with Gasteiger partial charge in [0, 0.05) is 32.7 Å². The largest absolute Gasteiger partial charge is 0.367 e. The molecule has 2 amide bonds. The summed E-state index contributed by atoms with van der Waals surface area (Å²) in [6, 6.07) is 7.03. The fraction of sp³-hybridized carbons (Fsp3) is 0.667. The molecule has 3 aliphatic rings. The molecule has 0 aromatic heterocycles. The number of hydrogen-bond donors (Lipinski definition) is 2. The predicted octanol–water partition coefficient (Wildman–Crippen LogP) is 2.25. The quantitative estimate of drug-likeness (QED) is 0.740. The molecule has 1 saturated heterocycles. The van der Waals surface area contributed by atoms with Crippen LogP contribution in [0, 0.1) is 17.8 Å². The number of carbonyl (C=O) groups is 1. The molecule has 3 atom stereocenters. The first kappa shape index (κ1) is 20.5. The number of rotatable bonds is 6. The molecule has 2 bridgehead atoms. The SMILES string of the molecule is CNS(=O)(=O)c1ccccc1N1CCN(C(=O)NCCC2CC3CCC2C3)CC1. The van der Waals surface area contributed by atoms with E-state index in [2.05, 4.69) is 10.0 Å². The van der Waals surface area contributed by atoms with Gasteiger partial charge in [0.25, 0.3) is 0 Å². The highest BCUT2D eigenvalue weighted by molar-refractivity contribution is 7.89. The van der Waals surface area contributed by atoms with E-state index in [9.17, 15) is 13.2 Å². The second-order valence-electron chi connectivity index (χ2n) is 8.60. The molecule has 0 spiro atoms. The summed E-state index contributed by atoms with van der Waals surface area (Å²) < 4.78 is 27.0. The first-order chi connectivity index (χ1) is 14.0. The third-order valence-corrected chi connectivity index (χ3v) is 8.47. The minimum absolute atomic E-state index is 0.00365. The van der Waals surface area contributed by atoms with E-state index in [0.29, 0.717) is 31.9 Å². The van der Waals surface area contributed by atoms with Gasteiger partial charge in [0.1, 0.15) is 4.90 Å². The van der Waals surface area contributed by atoms with Crippen molar-refractivity contribution in [3.8, 4) is 0 Å². The monoisotopic (exact) mass is 420 g/mol. The number of carbonyl (C=O) groups excluding carboxylic acids is 1. The van der Waals surface area contributed by atoms with Gasteiger partial charge in [0.15, 0.2) is 0 Å². The zero-order valence-corrected chi connectivity index (χ0v) is 18.0. The van der Waals surface area contributed by atoms with Crippen molar-refractivity contribution in [2.45, 2.75) is 37.0 Å². The highest BCUT2D eigenvalue weighted by Crippen LogP contribution is 2.49. The van der Waals surface area contributed by atoms with Crippen molar-refractivity contribution in [2.24, 2.45) is 17.8 Å². The molecule has 2 N–H and O–H groups in total. The number of sulfonamides is 1. The number of nitrogens with one attached hydrogen (secondary N) is 2. The Labute approximate surface area is 173 Å². The molecular formula is C21H32N4O3S. The maximum atomic E-state index is 12.5. The van der Waals surface area contributed by atoms with E-state index in [4.69, 9.17) is 0 Å².